The number of carbonyl (C=O) groups is 1. The van der Waals surface area contributed by atoms with Crippen molar-refractivity contribution in [1.82, 2.24) is 0 Å². The molecule has 0 aliphatic rings. The van der Waals surface area contributed by atoms with E-state index < -0.39 is 0 Å². The van der Waals surface area contributed by atoms with Gasteiger partial charge in [0.2, 0.25) is 0 Å². The standard InChI is InChI=1S/C8H15IO2/c1-3-11-8(10)5-4-7(2)6-9/h7H,3-6H2,1-2H3. The number of carbonyl (C=O) groups excluding carboxylic acids is 1. The minimum absolute atomic E-state index is 0.0656. The summed E-state index contributed by atoms with van der Waals surface area (Å²) in [6, 6.07) is 0. The second-order valence-electron chi connectivity index (χ2n) is 2.60. The predicted molar refractivity (Wildman–Crippen MR) is 53.9 cm³/mol. The number of alkyl halides is 1. The first-order valence-electron chi connectivity index (χ1n) is 3.92. The van der Waals surface area contributed by atoms with Crippen molar-refractivity contribution < 1.29 is 9.53 Å². The molecule has 0 aliphatic carbocycles. The molecule has 0 saturated carbocycles. The van der Waals surface area contributed by atoms with Crippen molar-refractivity contribution in [2.45, 2.75) is 26.7 Å². The second-order valence-corrected chi connectivity index (χ2v) is 3.48. The SMILES string of the molecule is CCOC(=O)CCC(C)CI. The van der Waals surface area contributed by atoms with Gasteiger partial charge in [-0.3, -0.25) is 4.79 Å². The summed E-state index contributed by atoms with van der Waals surface area (Å²) in [5, 5.41) is 0. The molecular weight excluding hydrogens is 255 g/mol. The van der Waals surface area contributed by atoms with Gasteiger partial charge in [0.25, 0.3) is 0 Å². The zero-order valence-corrected chi connectivity index (χ0v) is 9.26. The van der Waals surface area contributed by atoms with Crippen molar-refractivity contribution in [2.75, 3.05) is 11.0 Å². The summed E-state index contributed by atoms with van der Waals surface area (Å²) in [5.41, 5.74) is 0. The Morgan fingerprint density at radius 3 is 2.73 bits per heavy atom. The molecule has 0 N–H and O–H groups in total. The molecule has 11 heavy (non-hydrogen) atoms. The van der Waals surface area contributed by atoms with Crippen LogP contribution in [0.3, 0.4) is 0 Å². The van der Waals surface area contributed by atoms with E-state index in [1.165, 1.54) is 0 Å². The van der Waals surface area contributed by atoms with Crippen LogP contribution in [0, 0.1) is 5.92 Å². The Hall–Kier alpha value is 0.200. The highest BCUT2D eigenvalue weighted by Gasteiger charge is 2.05. The lowest BCUT2D eigenvalue weighted by Crippen LogP contribution is -2.06. The highest BCUT2D eigenvalue weighted by molar-refractivity contribution is 14.1. The maximum absolute atomic E-state index is 10.8. The Kier molecular flexibility index (Phi) is 7.01. The first-order chi connectivity index (χ1) is 5.20. The van der Waals surface area contributed by atoms with E-state index in [1.807, 2.05) is 6.92 Å². The molecular formula is C8H15IO2. The lowest BCUT2D eigenvalue weighted by Gasteiger charge is -2.05. The number of rotatable bonds is 5. The van der Waals surface area contributed by atoms with Gasteiger partial charge in [-0.1, -0.05) is 29.5 Å². The molecule has 0 rings (SSSR count). The fraction of sp³-hybridized carbons (Fsp3) is 0.875. The van der Waals surface area contributed by atoms with E-state index in [0.29, 0.717) is 18.9 Å². The number of ether oxygens (including phenoxy) is 1. The first kappa shape index (κ1) is 11.2. The summed E-state index contributed by atoms with van der Waals surface area (Å²) in [4.78, 5) is 10.8. The molecule has 1 atom stereocenters. The van der Waals surface area contributed by atoms with Gasteiger partial charge in [-0.15, -0.1) is 0 Å². The Bertz CT molecular complexity index is 115. The Labute approximate surface area is 81.8 Å². The van der Waals surface area contributed by atoms with Crippen molar-refractivity contribution in [3.8, 4) is 0 Å². The minimum atomic E-state index is -0.0656. The van der Waals surface area contributed by atoms with Crippen LogP contribution >= 0.6 is 22.6 Å². The maximum atomic E-state index is 10.8. The average Bonchev–Trinajstić information content (AvgIpc) is 2.01. The summed E-state index contributed by atoms with van der Waals surface area (Å²) in [5.74, 6) is 0.559. The summed E-state index contributed by atoms with van der Waals surface area (Å²) in [7, 11) is 0. The minimum Gasteiger partial charge on any atom is -0.466 e. The van der Waals surface area contributed by atoms with Crippen LogP contribution in [0.4, 0.5) is 0 Å². The number of hydrogen-bond acceptors (Lipinski definition) is 2. The van der Waals surface area contributed by atoms with E-state index in [-0.39, 0.29) is 5.97 Å². The topological polar surface area (TPSA) is 26.3 Å². The van der Waals surface area contributed by atoms with Crippen LogP contribution in [0.15, 0.2) is 0 Å². The summed E-state index contributed by atoms with van der Waals surface area (Å²) < 4.78 is 5.90. The maximum Gasteiger partial charge on any atom is 0.305 e. The van der Waals surface area contributed by atoms with Crippen LogP contribution in [-0.2, 0) is 9.53 Å². The van der Waals surface area contributed by atoms with Crippen molar-refractivity contribution in [1.29, 1.82) is 0 Å². The van der Waals surface area contributed by atoms with Crippen molar-refractivity contribution in [3.63, 3.8) is 0 Å². The smallest absolute Gasteiger partial charge is 0.305 e. The summed E-state index contributed by atoms with van der Waals surface area (Å²) in [6.45, 7) is 4.47. The third-order valence-corrected chi connectivity index (χ3v) is 2.91. The molecule has 0 aromatic carbocycles. The van der Waals surface area contributed by atoms with Gasteiger partial charge < -0.3 is 4.74 Å². The van der Waals surface area contributed by atoms with Crippen LogP contribution < -0.4 is 0 Å². The van der Waals surface area contributed by atoms with Crippen LogP contribution in [-0.4, -0.2) is 17.0 Å². The number of halogens is 1. The Morgan fingerprint density at radius 2 is 2.27 bits per heavy atom. The van der Waals surface area contributed by atoms with Crippen LogP contribution in [0.2, 0.25) is 0 Å². The first-order valence-corrected chi connectivity index (χ1v) is 5.44. The Morgan fingerprint density at radius 1 is 1.64 bits per heavy atom. The van der Waals surface area contributed by atoms with Gasteiger partial charge in [0.05, 0.1) is 6.61 Å². The van der Waals surface area contributed by atoms with Gasteiger partial charge in [-0.05, 0) is 19.3 Å². The molecule has 0 spiro atoms. The molecule has 66 valence electrons. The Balaban J connectivity index is 3.30. The van der Waals surface area contributed by atoms with Gasteiger partial charge in [-0.25, -0.2) is 0 Å². The van der Waals surface area contributed by atoms with E-state index in [4.69, 9.17) is 4.74 Å². The van der Waals surface area contributed by atoms with Gasteiger partial charge in [0, 0.05) is 10.8 Å². The molecule has 0 radical (unpaired) electrons. The molecule has 0 saturated heterocycles. The van der Waals surface area contributed by atoms with Crippen LogP contribution in [0.5, 0.6) is 0 Å². The lowest BCUT2D eigenvalue weighted by atomic mass is 10.1. The monoisotopic (exact) mass is 270 g/mol. The normalized spacial score (nSPS) is 12.6. The van der Waals surface area contributed by atoms with Crippen molar-refractivity contribution in [3.05, 3.63) is 0 Å². The fourth-order valence-electron chi connectivity index (χ4n) is 0.675. The molecule has 0 aromatic rings. The van der Waals surface area contributed by atoms with Gasteiger partial charge in [0.15, 0.2) is 0 Å². The highest BCUT2D eigenvalue weighted by Crippen LogP contribution is 2.08. The number of esters is 1. The van der Waals surface area contributed by atoms with E-state index in [0.717, 1.165) is 10.8 Å². The van der Waals surface area contributed by atoms with Gasteiger partial charge in [-0.2, -0.15) is 0 Å². The molecule has 1 unspecified atom stereocenters. The molecule has 0 aromatic heterocycles. The van der Waals surface area contributed by atoms with Crippen LogP contribution in [0.1, 0.15) is 26.7 Å². The van der Waals surface area contributed by atoms with E-state index in [1.54, 1.807) is 0 Å². The van der Waals surface area contributed by atoms with E-state index in [2.05, 4.69) is 29.5 Å². The third-order valence-electron chi connectivity index (χ3n) is 1.41. The molecule has 0 amide bonds. The zero-order valence-electron chi connectivity index (χ0n) is 7.10. The molecule has 2 nitrogen and oxygen atoms in total. The fourth-order valence-corrected chi connectivity index (χ4v) is 1.11. The average molecular weight is 270 g/mol. The van der Waals surface area contributed by atoms with E-state index in [9.17, 15) is 4.79 Å². The number of hydrogen-bond donors (Lipinski definition) is 0. The molecule has 0 heterocycles. The van der Waals surface area contributed by atoms with E-state index >= 15 is 0 Å². The molecule has 0 aliphatic heterocycles. The largest absolute Gasteiger partial charge is 0.466 e. The third kappa shape index (κ3) is 6.59. The van der Waals surface area contributed by atoms with Gasteiger partial charge in [0.1, 0.15) is 0 Å². The molecule has 0 bridgehead atoms. The predicted octanol–water partition coefficient (Wildman–Crippen LogP) is 2.40. The van der Waals surface area contributed by atoms with Crippen molar-refractivity contribution in [2.24, 2.45) is 5.92 Å². The highest BCUT2D eigenvalue weighted by atomic mass is 127. The zero-order chi connectivity index (χ0) is 8.69. The lowest BCUT2D eigenvalue weighted by molar-refractivity contribution is -0.143. The van der Waals surface area contributed by atoms with Gasteiger partial charge >= 0.3 is 5.97 Å². The molecule has 0 fully saturated rings. The van der Waals surface area contributed by atoms with Crippen LogP contribution in [0.25, 0.3) is 0 Å². The van der Waals surface area contributed by atoms with Crippen molar-refractivity contribution >= 4 is 28.6 Å². The summed E-state index contributed by atoms with van der Waals surface area (Å²) in [6.07, 6.45) is 1.51. The molecule has 3 heteroatoms. The quantitative estimate of drug-likeness (QED) is 0.435. The second kappa shape index (κ2) is 6.88. The summed E-state index contributed by atoms with van der Waals surface area (Å²) >= 11 is 2.33.